The van der Waals surface area contributed by atoms with Gasteiger partial charge in [-0.2, -0.15) is 0 Å². The Kier molecular flexibility index (Phi) is 7.75. The molecule has 0 aliphatic heterocycles. The normalized spacial score (nSPS) is 10.3. The van der Waals surface area contributed by atoms with E-state index in [2.05, 4.69) is 10.6 Å². The predicted molar refractivity (Wildman–Crippen MR) is 121 cm³/mol. The Bertz CT molecular complexity index is 1060. The Labute approximate surface area is 186 Å². The van der Waals surface area contributed by atoms with E-state index < -0.39 is 5.91 Å². The van der Waals surface area contributed by atoms with Crippen molar-refractivity contribution in [1.82, 2.24) is 0 Å². The van der Waals surface area contributed by atoms with Crippen molar-refractivity contribution in [2.24, 2.45) is 0 Å². The van der Waals surface area contributed by atoms with E-state index in [4.69, 9.17) is 18.6 Å². The van der Waals surface area contributed by atoms with Gasteiger partial charge in [-0.05, 0) is 32.0 Å². The van der Waals surface area contributed by atoms with Crippen molar-refractivity contribution < 1.29 is 28.2 Å². The molecule has 168 valence electrons. The van der Waals surface area contributed by atoms with Gasteiger partial charge in [0.1, 0.15) is 17.2 Å². The maximum Gasteiger partial charge on any atom is 0.291 e. The van der Waals surface area contributed by atoms with Crippen LogP contribution in [-0.4, -0.2) is 32.1 Å². The summed E-state index contributed by atoms with van der Waals surface area (Å²) in [5.74, 6) is 0.928. The van der Waals surface area contributed by atoms with Crippen molar-refractivity contribution in [2.45, 2.75) is 20.3 Å². The molecule has 0 saturated carbocycles. The first-order chi connectivity index (χ1) is 15.5. The topological polar surface area (TPSA) is 99.0 Å². The lowest BCUT2D eigenvalue weighted by atomic mass is 10.1. The van der Waals surface area contributed by atoms with Crippen LogP contribution in [0, 0.1) is 0 Å². The SMILES string of the molecule is CCOc1cc(NC(=O)c2ccco2)c(OCC)cc1NC(=O)Cc1ccccc1OC. The highest BCUT2D eigenvalue weighted by molar-refractivity contribution is 6.04. The largest absolute Gasteiger partial charge is 0.496 e. The molecule has 0 radical (unpaired) electrons. The fourth-order valence-electron chi connectivity index (χ4n) is 3.11. The van der Waals surface area contributed by atoms with Gasteiger partial charge in [0, 0.05) is 17.7 Å². The number of ether oxygens (including phenoxy) is 3. The van der Waals surface area contributed by atoms with Crippen molar-refractivity contribution in [3.8, 4) is 17.2 Å². The quantitative estimate of drug-likeness (QED) is 0.483. The van der Waals surface area contributed by atoms with E-state index in [1.54, 1.807) is 37.4 Å². The summed E-state index contributed by atoms with van der Waals surface area (Å²) in [6.45, 7) is 4.40. The highest BCUT2D eigenvalue weighted by Crippen LogP contribution is 2.37. The number of anilines is 2. The van der Waals surface area contributed by atoms with Crippen LogP contribution >= 0.6 is 0 Å². The minimum absolute atomic E-state index is 0.122. The van der Waals surface area contributed by atoms with Crippen LogP contribution in [0.15, 0.2) is 59.2 Å². The zero-order valence-corrected chi connectivity index (χ0v) is 18.3. The highest BCUT2D eigenvalue weighted by Gasteiger charge is 2.18. The van der Waals surface area contributed by atoms with E-state index in [-0.39, 0.29) is 18.1 Å². The van der Waals surface area contributed by atoms with E-state index in [0.717, 1.165) is 5.56 Å². The molecular formula is C24H26N2O6. The Morgan fingerprint density at radius 3 is 2.12 bits per heavy atom. The van der Waals surface area contributed by atoms with E-state index in [0.29, 0.717) is 41.8 Å². The van der Waals surface area contributed by atoms with Gasteiger partial charge in [0.15, 0.2) is 5.76 Å². The summed E-state index contributed by atoms with van der Waals surface area (Å²) in [6.07, 6.45) is 1.54. The van der Waals surface area contributed by atoms with Crippen molar-refractivity contribution >= 4 is 23.2 Å². The molecule has 2 aromatic carbocycles. The second-order valence-corrected chi connectivity index (χ2v) is 6.68. The fourth-order valence-corrected chi connectivity index (χ4v) is 3.11. The molecule has 0 atom stereocenters. The van der Waals surface area contributed by atoms with Gasteiger partial charge in [-0.15, -0.1) is 0 Å². The van der Waals surface area contributed by atoms with Crippen LogP contribution in [0.3, 0.4) is 0 Å². The molecule has 3 aromatic rings. The summed E-state index contributed by atoms with van der Waals surface area (Å²) in [6, 6.07) is 13.8. The van der Waals surface area contributed by atoms with Crippen molar-refractivity contribution in [3.63, 3.8) is 0 Å². The Morgan fingerprint density at radius 2 is 1.53 bits per heavy atom. The predicted octanol–water partition coefficient (Wildman–Crippen LogP) is 4.52. The van der Waals surface area contributed by atoms with Crippen LogP contribution in [0.2, 0.25) is 0 Å². The fraction of sp³-hybridized carbons (Fsp3) is 0.250. The monoisotopic (exact) mass is 438 g/mol. The van der Waals surface area contributed by atoms with Gasteiger partial charge >= 0.3 is 0 Å². The standard InChI is InChI=1S/C24H26N2O6/c1-4-30-21-15-18(26-24(28)20-11-8-12-32-20)22(31-5-2)14-17(21)25-23(27)13-16-9-6-7-10-19(16)29-3/h6-12,14-15H,4-5,13H2,1-3H3,(H,25,27)(H,26,28). The molecule has 0 spiro atoms. The summed E-state index contributed by atoms with van der Waals surface area (Å²) in [4.78, 5) is 25.2. The number of furan rings is 1. The Hall–Kier alpha value is -3.94. The summed E-state index contributed by atoms with van der Waals surface area (Å²) >= 11 is 0. The van der Waals surface area contributed by atoms with Crippen LogP contribution in [0.5, 0.6) is 17.2 Å². The van der Waals surface area contributed by atoms with E-state index in [9.17, 15) is 9.59 Å². The molecule has 8 nitrogen and oxygen atoms in total. The zero-order valence-electron chi connectivity index (χ0n) is 18.3. The molecule has 2 amide bonds. The number of carbonyl (C=O) groups excluding carboxylic acids is 2. The third-order valence-electron chi connectivity index (χ3n) is 4.49. The van der Waals surface area contributed by atoms with Gasteiger partial charge < -0.3 is 29.3 Å². The van der Waals surface area contributed by atoms with Crippen LogP contribution in [0.4, 0.5) is 11.4 Å². The molecule has 0 unspecified atom stereocenters. The first-order valence-electron chi connectivity index (χ1n) is 10.3. The number of methoxy groups -OCH3 is 1. The first-order valence-corrected chi connectivity index (χ1v) is 10.3. The molecule has 0 fully saturated rings. The Balaban J connectivity index is 1.86. The lowest BCUT2D eigenvalue weighted by molar-refractivity contribution is -0.115. The molecule has 0 aliphatic carbocycles. The molecule has 1 aromatic heterocycles. The molecule has 0 aliphatic rings. The molecule has 32 heavy (non-hydrogen) atoms. The van der Waals surface area contributed by atoms with Crippen LogP contribution in [0.25, 0.3) is 0 Å². The second kappa shape index (κ2) is 10.9. The number of hydrogen-bond donors (Lipinski definition) is 2. The second-order valence-electron chi connectivity index (χ2n) is 6.68. The molecule has 3 rings (SSSR count). The number of carbonyl (C=O) groups is 2. The number of benzene rings is 2. The van der Waals surface area contributed by atoms with Crippen LogP contribution in [0.1, 0.15) is 30.0 Å². The van der Waals surface area contributed by atoms with Crippen LogP contribution in [-0.2, 0) is 11.2 Å². The van der Waals surface area contributed by atoms with Gasteiger partial charge in [-0.1, -0.05) is 18.2 Å². The Morgan fingerprint density at radius 1 is 0.875 bits per heavy atom. The summed E-state index contributed by atoms with van der Waals surface area (Å²) in [5.41, 5.74) is 1.60. The number of amides is 2. The summed E-state index contributed by atoms with van der Waals surface area (Å²) in [7, 11) is 1.56. The third-order valence-corrected chi connectivity index (χ3v) is 4.49. The molecular weight excluding hydrogens is 412 g/mol. The van der Waals surface area contributed by atoms with Crippen molar-refractivity contribution in [1.29, 1.82) is 0 Å². The number of nitrogens with one attached hydrogen (secondary N) is 2. The lowest BCUT2D eigenvalue weighted by Crippen LogP contribution is -2.17. The molecule has 2 N–H and O–H groups in total. The lowest BCUT2D eigenvalue weighted by Gasteiger charge is -2.18. The van der Waals surface area contributed by atoms with Crippen molar-refractivity contribution in [2.75, 3.05) is 31.0 Å². The number of rotatable bonds is 10. The average molecular weight is 438 g/mol. The maximum absolute atomic E-state index is 12.7. The van der Waals surface area contributed by atoms with E-state index in [1.165, 1.54) is 6.26 Å². The van der Waals surface area contributed by atoms with E-state index >= 15 is 0 Å². The summed E-state index contributed by atoms with van der Waals surface area (Å²) in [5, 5.41) is 5.64. The van der Waals surface area contributed by atoms with Gasteiger partial charge in [0.05, 0.1) is 44.4 Å². The third kappa shape index (κ3) is 5.60. The smallest absolute Gasteiger partial charge is 0.291 e. The summed E-state index contributed by atoms with van der Waals surface area (Å²) < 4.78 is 21.9. The van der Waals surface area contributed by atoms with Gasteiger partial charge in [0.2, 0.25) is 5.91 Å². The molecule has 1 heterocycles. The number of para-hydroxylation sites is 1. The van der Waals surface area contributed by atoms with Crippen molar-refractivity contribution in [3.05, 3.63) is 66.1 Å². The van der Waals surface area contributed by atoms with E-state index in [1.807, 2.05) is 32.0 Å². The van der Waals surface area contributed by atoms with Gasteiger partial charge in [-0.25, -0.2) is 0 Å². The van der Waals surface area contributed by atoms with Crippen LogP contribution < -0.4 is 24.8 Å². The molecule has 8 heteroatoms. The molecule has 0 bridgehead atoms. The first kappa shape index (κ1) is 22.7. The van der Waals surface area contributed by atoms with Gasteiger partial charge in [-0.3, -0.25) is 9.59 Å². The average Bonchev–Trinajstić information content (AvgIpc) is 3.32. The molecule has 0 saturated heterocycles. The van der Waals surface area contributed by atoms with Gasteiger partial charge in [0.25, 0.3) is 5.91 Å². The number of hydrogen-bond acceptors (Lipinski definition) is 6. The minimum Gasteiger partial charge on any atom is -0.496 e. The highest BCUT2D eigenvalue weighted by atomic mass is 16.5. The maximum atomic E-state index is 12.7. The minimum atomic E-state index is -0.425. The zero-order chi connectivity index (χ0) is 22.9.